The second-order valence-electron chi connectivity index (χ2n) is 6.13. The van der Waals surface area contributed by atoms with E-state index >= 15 is 0 Å². The third-order valence-electron chi connectivity index (χ3n) is 3.94. The van der Waals surface area contributed by atoms with Gasteiger partial charge in [-0.05, 0) is 37.6 Å². The van der Waals surface area contributed by atoms with Gasteiger partial charge in [0.2, 0.25) is 0 Å². The monoisotopic (exact) mass is 362 g/mol. The number of hydrogen-bond acceptors (Lipinski definition) is 6. The highest BCUT2D eigenvalue weighted by atomic mass is 16.1. The van der Waals surface area contributed by atoms with Gasteiger partial charge in [-0.2, -0.15) is 0 Å². The van der Waals surface area contributed by atoms with Crippen molar-refractivity contribution in [2.75, 3.05) is 23.7 Å². The van der Waals surface area contributed by atoms with E-state index in [0.29, 0.717) is 36.1 Å². The molecular formula is C20H22N6O. The Morgan fingerprint density at radius 2 is 1.78 bits per heavy atom. The first kappa shape index (κ1) is 18.3. The molecule has 0 aliphatic rings. The van der Waals surface area contributed by atoms with Gasteiger partial charge in [-0.15, -0.1) is 0 Å². The van der Waals surface area contributed by atoms with Gasteiger partial charge >= 0.3 is 0 Å². The van der Waals surface area contributed by atoms with Crippen LogP contribution in [0.2, 0.25) is 0 Å². The molecule has 1 aromatic carbocycles. The van der Waals surface area contributed by atoms with Crippen LogP contribution in [0.4, 0.5) is 17.5 Å². The maximum absolute atomic E-state index is 12.3. The van der Waals surface area contributed by atoms with Gasteiger partial charge in [0.25, 0.3) is 5.91 Å². The van der Waals surface area contributed by atoms with Crippen LogP contribution in [0.1, 0.15) is 21.5 Å². The van der Waals surface area contributed by atoms with Crippen LogP contribution < -0.4 is 16.0 Å². The van der Waals surface area contributed by atoms with Gasteiger partial charge in [-0.25, -0.2) is 15.0 Å². The number of nitrogens with one attached hydrogen (secondary N) is 3. The fraction of sp³-hybridized carbons (Fsp3) is 0.200. The summed E-state index contributed by atoms with van der Waals surface area (Å²) in [5.74, 6) is 1.95. The molecule has 0 aliphatic carbocycles. The lowest BCUT2D eigenvalue weighted by atomic mass is 10.1. The first-order valence-electron chi connectivity index (χ1n) is 8.71. The molecule has 3 rings (SSSR count). The number of carbonyl (C=O) groups excluding carboxylic acids is 1. The molecule has 0 spiro atoms. The Labute approximate surface area is 158 Å². The molecular weight excluding hydrogens is 340 g/mol. The van der Waals surface area contributed by atoms with Gasteiger partial charge in [0.15, 0.2) is 0 Å². The maximum Gasteiger partial charge on any atom is 0.251 e. The van der Waals surface area contributed by atoms with Crippen LogP contribution in [0.5, 0.6) is 0 Å². The second kappa shape index (κ2) is 8.75. The molecule has 3 aromatic rings. The molecule has 27 heavy (non-hydrogen) atoms. The Bertz CT molecular complexity index is 913. The number of anilines is 3. The van der Waals surface area contributed by atoms with Crippen molar-refractivity contribution in [3.63, 3.8) is 0 Å². The summed E-state index contributed by atoms with van der Waals surface area (Å²) in [6, 6.07) is 13.3. The van der Waals surface area contributed by atoms with E-state index in [2.05, 4.69) is 30.9 Å². The van der Waals surface area contributed by atoms with Crippen molar-refractivity contribution in [2.45, 2.75) is 13.8 Å². The van der Waals surface area contributed by atoms with Crippen molar-refractivity contribution in [1.82, 2.24) is 20.3 Å². The van der Waals surface area contributed by atoms with Crippen LogP contribution in [0.3, 0.4) is 0 Å². The standard InChI is InChI=1S/C20H22N6O/c1-14-6-7-15(2)16(11-14)20(27)23-10-9-22-18-12-19(25-13-24-18)26-17-5-3-4-8-21-17/h3-8,11-13H,9-10H2,1-2H3,(H,23,27)(H2,21,22,24,25,26). The van der Waals surface area contributed by atoms with Gasteiger partial charge < -0.3 is 16.0 Å². The molecule has 138 valence electrons. The van der Waals surface area contributed by atoms with Crippen LogP contribution in [0, 0.1) is 13.8 Å². The number of carbonyl (C=O) groups is 1. The Kier molecular flexibility index (Phi) is 5.94. The Hall–Kier alpha value is -3.48. The Morgan fingerprint density at radius 3 is 2.59 bits per heavy atom. The fourth-order valence-electron chi connectivity index (χ4n) is 2.53. The predicted octanol–water partition coefficient (Wildman–Crippen LogP) is 3.07. The zero-order valence-corrected chi connectivity index (χ0v) is 15.4. The van der Waals surface area contributed by atoms with Gasteiger partial charge in [-0.1, -0.05) is 23.8 Å². The summed E-state index contributed by atoms with van der Waals surface area (Å²) >= 11 is 0. The summed E-state index contributed by atoms with van der Waals surface area (Å²) in [6.45, 7) is 4.95. The first-order valence-corrected chi connectivity index (χ1v) is 8.71. The summed E-state index contributed by atoms with van der Waals surface area (Å²) < 4.78 is 0. The molecule has 0 saturated carbocycles. The minimum Gasteiger partial charge on any atom is -0.368 e. The lowest BCUT2D eigenvalue weighted by molar-refractivity contribution is 0.0954. The highest BCUT2D eigenvalue weighted by Crippen LogP contribution is 2.13. The third kappa shape index (κ3) is 5.24. The topological polar surface area (TPSA) is 91.8 Å². The van der Waals surface area contributed by atoms with E-state index in [1.165, 1.54) is 6.33 Å². The number of hydrogen-bond donors (Lipinski definition) is 3. The number of amides is 1. The lowest BCUT2D eigenvalue weighted by Crippen LogP contribution is -2.29. The van der Waals surface area contributed by atoms with Crippen molar-refractivity contribution in [3.8, 4) is 0 Å². The molecule has 0 saturated heterocycles. The molecule has 0 unspecified atom stereocenters. The highest BCUT2D eigenvalue weighted by molar-refractivity contribution is 5.95. The maximum atomic E-state index is 12.3. The summed E-state index contributed by atoms with van der Waals surface area (Å²) in [5, 5.41) is 9.21. The van der Waals surface area contributed by atoms with Crippen LogP contribution in [0.15, 0.2) is 55.0 Å². The summed E-state index contributed by atoms with van der Waals surface area (Å²) in [5.41, 5.74) is 2.74. The summed E-state index contributed by atoms with van der Waals surface area (Å²) in [7, 11) is 0. The smallest absolute Gasteiger partial charge is 0.251 e. The molecule has 2 aromatic heterocycles. The number of pyridine rings is 1. The average Bonchev–Trinajstić information content (AvgIpc) is 2.68. The molecule has 0 radical (unpaired) electrons. The molecule has 0 aliphatic heterocycles. The van der Waals surface area contributed by atoms with Gasteiger partial charge in [-0.3, -0.25) is 4.79 Å². The second-order valence-corrected chi connectivity index (χ2v) is 6.13. The normalized spacial score (nSPS) is 10.3. The van der Waals surface area contributed by atoms with Crippen molar-refractivity contribution in [3.05, 3.63) is 71.7 Å². The molecule has 0 atom stereocenters. The van der Waals surface area contributed by atoms with Crippen molar-refractivity contribution in [2.24, 2.45) is 0 Å². The van der Waals surface area contributed by atoms with E-state index in [9.17, 15) is 4.79 Å². The van der Waals surface area contributed by atoms with E-state index in [1.54, 1.807) is 12.3 Å². The van der Waals surface area contributed by atoms with Crippen molar-refractivity contribution < 1.29 is 4.79 Å². The SMILES string of the molecule is Cc1ccc(C)c(C(=O)NCCNc2cc(Nc3ccccn3)ncn2)c1. The molecule has 1 amide bonds. The largest absolute Gasteiger partial charge is 0.368 e. The zero-order valence-electron chi connectivity index (χ0n) is 15.4. The Balaban J connectivity index is 1.50. The fourth-order valence-corrected chi connectivity index (χ4v) is 2.53. The van der Waals surface area contributed by atoms with Gasteiger partial charge in [0.1, 0.15) is 23.8 Å². The van der Waals surface area contributed by atoms with Gasteiger partial charge in [0, 0.05) is 30.9 Å². The van der Waals surface area contributed by atoms with E-state index < -0.39 is 0 Å². The van der Waals surface area contributed by atoms with E-state index in [-0.39, 0.29) is 5.91 Å². The number of aromatic nitrogens is 3. The first-order chi connectivity index (χ1) is 13.1. The molecule has 0 bridgehead atoms. The lowest BCUT2D eigenvalue weighted by Gasteiger charge is -2.10. The van der Waals surface area contributed by atoms with Crippen molar-refractivity contribution in [1.29, 1.82) is 0 Å². The molecule has 0 fully saturated rings. The number of benzene rings is 1. The van der Waals surface area contributed by atoms with Crippen LogP contribution in [-0.4, -0.2) is 33.9 Å². The molecule has 2 heterocycles. The zero-order chi connectivity index (χ0) is 19.1. The quantitative estimate of drug-likeness (QED) is 0.560. The molecule has 7 heteroatoms. The summed E-state index contributed by atoms with van der Waals surface area (Å²) in [4.78, 5) is 24.9. The molecule has 3 N–H and O–H groups in total. The number of rotatable bonds is 7. The average molecular weight is 362 g/mol. The minimum absolute atomic E-state index is 0.0711. The van der Waals surface area contributed by atoms with E-state index in [1.807, 2.05) is 50.2 Å². The van der Waals surface area contributed by atoms with E-state index in [0.717, 1.165) is 11.1 Å². The van der Waals surface area contributed by atoms with E-state index in [4.69, 9.17) is 0 Å². The minimum atomic E-state index is -0.0711. The third-order valence-corrected chi connectivity index (χ3v) is 3.94. The van der Waals surface area contributed by atoms with Gasteiger partial charge in [0.05, 0.1) is 0 Å². The number of aryl methyl sites for hydroxylation is 2. The summed E-state index contributed by atoms with van der Waals surface area (Å²) in [6.07, 6.45) is 3.18. The van der Waals surface area contributed by atoms with Crippen LogP contribution in [-0.2, 0) is 0 Å². The molecule has 7 nitrogen and oxygen atoms in total. The highest BCUT2D eigenvalue weighted by Gasteiger charge is 2.08. The van der Waals surface area contributed by atoms with Crippen molar-refractivity contribution >= 4 is 23.4 Å². The van der Waals surface area contributed by atoms with Crippen LogP contribution in [0.25, 0.3) is 0 Å². The number of nitrogens with zero attached hydrogens (tertiary/aromatic N) is 3. The predicted molar refractivity (Wildman–Crippen MR) is 106 cm³/mol. The Morgan fingerprint density at radius 1 is 0.926 bits per heavy atom. The van der Waals surface area contributed by atoms with Crippen LogP contribution >= 0.6 is 0 Å².